The number of nitrogens with zero attached hydrogens (tertiary/aromatic N) is 5. The van der Waals surface area contributed by atoms with E-state index in [0.29, 0.717) is 12.4 Å². The van der Waals surface area contributed by atoms with Crippen molar-refractivity contribution in [3.05, 3.63) is 17.6 Å². The molecule has 0 radical (unpaired) electrons. The monoisotopic (exact) mass is 265 g/mol. The molecular weight excluding hydrogens is 242 g/mol. The summed E-state index contributed by atoms with van der Waals surface area (Å²) in [7, 11) is 7.42. The Labute approximate surface area is 115 Å². The molecule has 0 saturated heterocycles. The first kappa shape index (κ1) is 15.4. The van der Waals surface area contributed by atoms with Crippen molar-refractivity contribution in [1.82, 2.24) is 19.8 Å². The largest absolute Gasteiger partial charge is 0.330 e. The number of aromatic nitrogens is 2. The molecule has 0 saturated carbocycles. The van der Waals surface area contributed by atoms with Crippen LogP contribution >= 0.6 is 0 Å². The SMILES string of the molecule is Cc1ncc(N(CCN(C)C)C(=O)N(C)C)nc1C. The zero-order valence-electron chi connectivity index (χ0n) is 12.6. The van der Waals surface area contributed by atoms with Crippen LogP contribution in [0.5, 0.6) is 0 Å². The first-order valence-electron chi connectivity index (χ1n) is 6.26. The molecule has 0 N–H and O–H groups in total. The maximum absolute atomic E-state index is 12.2. The lowest BCUT2D eigenvalue weighted by molar-refractivity contribution is 0.222. The topological polar surface area (TPSA) is 52.6 Å². The minimum Gasteiger partial charge on any atom is -0.330 e. The fourth-order valence-electron chi connectivity index (χ4n) is 1.51. The number of rotatable bonds is 4. The number of likely N-dealkylation sites (N-methyl/N-ethyl adjacent to an activating group) is 1. The van der Waals surface area contributed by atoms with Crippen molar-refractivity contribution >= 4 is 11.8 Å². The average Bonchev–Trinajstić information content (AvgIpc) is 2.33. The first-order valence-corrected chi connectivity index (χ1v) is 6.26. The van der Waals surface area contributed by atoms with Crippen LogP contribution in [0.25, 0.3) is 0 Å². The molecular formula is C13H23N5O. The number of hydrogen-bond acceptors (Lipinski definition) is 4. The highest BCUT2D eigenvalue weighted by atomic mass is 16.2. The molecule has 0 aliphatic heterocycles. The summed E-state index contributed by atoms with van der Waals surface area (Å²) < 4.78 is 0. The summed E-state index contributed by atoms with van der Waals surface area (Å²) in [6, 6.07) is -0.0839. The van der Waals surface area contributed by atoms with Crippen molar-refractivity contribution in [1.29, 1.82) is 0 Å². The van der Waals surface area contributed by atoms with Gasteiger partial charge >= 0.3 is 6.03 Å². The van der Waals surface area contributed by atoms with Gasteiger partial charge in [-0.05, 0) is 27.9 Å². The van der Waals surface area contributed by atoms with E-state index in [-0.39, 0.29) is 6.03 Å². The van der Waals surface area contributed by atoms with Crippen LogP contribution in [-0.4, -0.2) is 67.1 Å². The molecule has 6 heteroatoms. The summed E-state index contributed by atoms with van der Waals surface area (Å²) in [5.41, 5.74) is 1.73. The van der Waals surface area contributed by atoms with Gasteiger partial charge in [0.25, 0.3) is 0 Å². The van der Waals surface area contributed by atoms with Crippen LogP contribution in [0.3, 0.4) is 0 Å². The van der Waals surface area contributed by atoms with E-state index in [0.717, 1.165) is 17.9 Å². The van der Waals surface area contributed by atoms with E-state index in [2.05, 4.69) is 9.97 Å². The smallest absolute Gasteiger partial charge is 0.325 e. The van der Waals surface area contributed by atoms with Gasteiger partial charge in [-0.15, -0.1) is 0 Å². The standard InChI is InChI=1S/C13H23N5O/c1-10-11(2)15-12(9-14-10)18(8-7-16(3)4)13(19)17(5)6/h9H,7-8H2,1-6H3. The minimum atomic E-state index is -0.0839. The van der Waals surface area contributed by atoms with Crippen molar-refractivity contribution in [3.8, 4) is 0 Å². The summed E-state index contributed by atoms with van der Waals surface area (Å²) in [5.74, 6) is 0.601. The Morgan fingerprint density at radius 1 is 1.11 bits per heavy atom. The molecule has 0 bridgehead atoms. The van der Waals surface area contributed by atoms with E-state index < -0.39 is 0 Å². The number of anilines is 1. The highest BCUT2D eigenvalue weighted by molar-refractivity contribution is 5.90. The molecule has 1 heterocycles. The number of aryl methyl sites for hydroxylation is 2. The third-order valence-corrected chi connectivity index (χ3v) is 2.84. The predicted octanol–water partition coefficient (Wildman–Crippen LogP) is 1.14. The van der Waals surface area contributed by atoms with Crippen LogP contribution in [0, 0.1) is 13.8 Å². The minimum absolute atomic E-state index is 0.0839. The van der Waals surface area contributed by atoms with Crippen LogP contribution in [0.4, 0.5) is 10.6 Å². The number of carbonyl (C=O) groups excluding carboxylic acids is 1. The molecule has 19 heavy (non-hydrogen) atoms. The average molecular weight is 265 g/mol. The van der Waals surface area contributed by atoms with Crippen molar-refractivity contribution in [2.24, 2.45) is 0 Å². The summed E-state index contributed by atoms with van der Waals surface area (Å²) >= 11 is 0. The molecule has 1 aromatic rings. The Morgan fingerprint density at radius 3 is 2.21 bits per heavy atom. The zero-order chi connectivity index (χ0) is 14.6. The van der Waals surface area contributed by atoms with E-state index in [4.69, 9.17) is 0 Å². The molecule has 0 unspecified atom stereocenters. The third-order valence-electron chi connectivity index (χ3n) is 2.84. The number of hydrogen-bond donors (Lipinski definition) is 0. The van der Waals surface area contributed by atoms with Crippen LogP contribution in [0.1, 0.15) is 11.4 Å². The van der Waals surface area contributed by atoms with Crippen molar-refractivity contribution in [2.45, 2.75) is 13.8 Å². The Kier molecular flexibility index (Phi) is 5.23. The van der Waals surface area contributed by atoms with Crippen molar-refractivity contribution in [2.75, 3.05) is 46.2 Å². The van der Waals surface area contributed by atoms with Crippen LogP contribution < -0.4 is 4.90 Å². The second-order valence-corrected chi connectivity index (χ2v) is 5.03. The van der Waals surface area contributed by atoms with Gasteiger partial charge in [0.1, 0.15) is 0 Å². The lowest BCUT2D eigenvalue weighted by Crippen LogP contribution is -2.43. The molecule has 1 rings (SSSR count). The van der Waals surface area contributed by atoms with Gasteiger partial charge < -0.3 is 9.80 Å². The summed E-state index contributed by atoms with van der Waals surface area (Å²) in [6.45, 7) is 5.16. The Balaban J connectivity index is 3.00. The fourth-order valence-corrected chi connectivity index (χ4v) is 1.51. The van der Waals surface area contributed by atoms with E-state index in [1.807, 2.05) is 32.8 Å². The lowest BCUT2D eigenvalue weighted by Gasteiger charge is -2.26. The van der Waals surface area contributed by atoms with E-state index >= 15 is 0 Å². The Bertz CT molecular complexity index is 445. The molecule has 6 nitrogen and oxygen atoms in total. The van der Waals surface area contributed by atoms with Crippen LogP contribution in [-0.2, 0) is 0 Å². The van der Waals surface area contributed by atoms with Gasteiger partial charge in [-0.1, -0.05) is 0 Å². The van der Waals surface area contributed by atoms with Gasteiger partial charge in [0, 0.05) is 27.2 Å². The van der Waals surface area contributed by atoms with Crippen LogP contribution in [0.15, 0.2) is 6.20 Å². The number of carbonyl (C=O) groups is 1. The highest BCUT2D eigenvalue weighted by Gasteiger charge is 2.19. The molecule has 106 valence electrons. The maximum Gasteiger partial charge on any atom is 0.325 e. The van der Waals surface area contributed by atoms with Crippen molar-refractivity contribution in [3.63, 3.8) is 0 Å². The molecule has 0 spiro atoms. The maximum atomic E-state index is 12.2. The number of urea groups is 1. The lowest BCUT2D eigenvalue weighted by atomic mass is 10.3. The van der Waals surface area contributed by atoms with Gasteiger partial charge in [0.15, 0.2) is 5.82 Å². The predicted molar refractivity (Wildman–Crippen MR) is 76.5 cm³/mol. The second kappa shape index (κ2) is 6.47. The highest BCUT2D eigenvalue weighted by Crippen LogP contribution is 2.13. The van der Waals surface area contributed by atoms with Gasteiger partial charge in [-0.3, -0.25) is 9.88 Å². The van der Waals surface area contributed by atoms with E-state index in [9.17, 15) is 4.79 Å². The number of amides is 2. The molecule has 0 aliphatic carbocycles. The molecule has 0 aliphatic rings. The Morgan fingerprint density at radius 2 is 1.74 bits per heavy atom. The summed E-state index contributed by atoms with van der Waals surface area (Å²) in [6.07, 6.45) is 1.65. The van der Waals surface area contributed by atoms with Gasteiger partial charge in [-0.2, -0.15) is 0 Å². The zero-order valence-corrected chi connectivity index (χ0v) is 12.6. The molecule has 2 amide bonds. The second-order valence-electron chi connectivity index (χ2n) is 5.03. The summed E-state index contributed by atoms with van der Waals surface area (Å²) in [5, 5.41) is 0. The third kappa shape index (κ3) is 4.17. The molecule has 0 fully saturated rings. The fraction of sp³-hybridized carbons (Fsp3) is 0.615. The van der Waals surface area contributed by atoms with Crippen LogP contribution in [0.2, 0.25) is 0 Å². The van der Waals surface area contributed by atoms with Gasteiger partial charge in [0.2, 0.25) is 0 Å². The molecule has 1 aromatic heterocycles. The molecule has 0 aromatic carbocycles. The van der Waals surface area contributed by atoms with E-state index in [1.165, 1.54) is 0 Å². The first-order chi connectivity index (χ1) is 8.82. The van der Waals surface area contributed by atoms with Gasteiger partial charge in [-0.25, -0.2) is 9.78 Å². The van der Waals surface area contributed by atoms with Gasteiger partial charge in [0.05, 0.1) is 17.6 Å². The van der Waals surface area contributed by atoms with Crippen molar-refractivity contribution < 1.29 is 4.79 Å². The normalized spacial score (nSPS) is 10.7. The Hall–Kier alpha value is -1.69. The quantitative estimate of drug-likeness (QED) is 0.819. The van der Waals surface area contributed by atoms with E-state index in [1.54, 1.807) is 30.1 Å². The summed E-state index contributed by atoms with van der Waals surface area (Å²) in [4.78, 5) is 26.2. The molecule has 0 atom stereocenters.